The highest BCUT2D eigenvalue weighted by Gasteiger charge is 2.14. The van der Waals surface area contributed by atoms with E-state index in [1.165, 1.54) is 6.20 Å². The van der Waals surface area contributed by atoms with Crippen LogP contribution in [0.2, 0.25) is 0 Å². The van der Waals surface area contributed by atoms with Crippen molar-refractivity contribution >= 4 is 38.9 Å². The Labute approximate surface area is 169 Å². The smallest absolute Gasteiger partial charge is 0.274 e. The number of carbonyl (C=O) groups excluding carboxylic acids is 1. The van der Waals surface area contributed by atoms with Gasteiger partial charge >= 0.3 is 0 Å². The molecule has 0 unspecified atom stereocenters. The number of pyridine rings is 2. The van der Waals surface area contributed by atoms with Gasteiger partial charge in [-0.3, -0.25) is 10.2 Å². The summed E-state index contributed by atoms with van der Waals surface area (Å²) in [6.45, 7) is 1.72. The van der Waals surface area contributed by atoms with Crippen molar-refractivity contribution in [2.24, 2.45) is 0 Å². The zero-order valence-electron chi connectivity index (χ0n) is 14.8. The molecule has 0 aliphatic heterocycles. The van der Waals surface area contributed by atoms with Gasteiger partial charge in [-0.2, -0.15) is 5.26 Å². The van der Waals surface area contributed by atoms with Gasteiger partial charge in [0.15, 0.2) is 0 Å². The quantitative estimate of drug-likeness (QED) is 0.327. The number of aromatic nitrogens is 2. The van der Waals surface area contributed by atoms with E-state index in [-0.39, 0.29) is 11.4 Å². The predicted octanol–water partition coefficient (Wildman–Crippen LogP) is 3.67. The van der Waals surface area contributed by atoms with Gasteiger partial charge in [-0.15, -0.1) is 0 Å². The molecule has 3 rings (SSSR count). The van der Waals surface area contributed by atoms with Crippen LogP contribution in [0.5, 0.6) is 0 Å². The largest absolute Gasteiger partial charge is 0.398 e. The number of amides is 1. The van der Waals surface area contributed by atoms with Crippen molar-refractivity contribution in [3.05, 3.63) is 81.3 Å². The molecule has 2 heterocycles. The lowest BCUT2D eigenvalue weighted by Crippen LogP contribution is -2.16. The average Bonchev–Trinajstić information content (AvgIpc) is 2.68. The molecular formula is C20H15BrN6O. The minimum Gasteiger partial charge on any atom is -0.398 e. The second-order valence-corrected chi connectivity index (χ2v) is 6.81. The normalized spacial score (nSPS) is 10.2. The van der Waals surface area contributed by atoms with Gasteiger partial charge in [-0.25, -0.2) is 9.97 Å². The number of nitrogens with two attached hydrogens (primary N) is 1. The number of carbonyl (C=O) groups is 1. The Bertz CT molecular complexity index is 1140. The number of nitrogens with one attached hydrogen (secondary N) is 2. The number of hydrogen-bond donors (Lipinski definition) is 3. The highest BCUT2D eigenvalue weighted by atomic mass is 79.9. The van der Waals surface area contributed by atoms with Crippen LogP contribution < -0.4 is 11.1 Å². The molecule has 3 aromatic rings. The number of benzene rings is 1. The number of nitriles is 1. The van der Waals surface area contributed by atoms with E-state index in [0.717, 1.165) is 0 Å². The molecule has 0 spiro atoms. The standard InChI is InChI=1S/C20H15BrN6O/c1-11-6-12(9-22)10-26-19(11)20(28)27-14-2-3-16(23)15(8-14)18(24)13-4-5-25-17(21)7-13/h2-8,10,24H,23H2,1H3,(H,27,28). The lowest BCUT2D eigenvalue weighted by molar-refractivity contribution is 0.102. The maximum absolute atomic E-state index is 12.6. The Morgan fingerprint density at radius 2 is 2.04 bits per heavy atom. The maximum atomic E-state index is 12.6. The zero-order chi connectivity index (χ0) is 20.3. The highest BCUT2D eigenvalue weighted by Crippen LogP contribution is 2.23. The van der Waals surface area contributed by atoms with Crippen molar-refractivity contribution in [3.63, 3.8) is 0 Å². The molecule has 0 saturated heterocycles. The zero-order valence-corrected chi connectivity index (χ0v) is 16.4. The van der Waals surface area contributed by atoms with Crippen LogP contribution >= 0.6 is 15.9 Å². The summed E-state index contributed by atoms with van der Waals surface area (Å²) < 4.78 is 0.611. The van der Waals surface area contributed by atoms with Crippen LogP contribution in [-0.4, -0.2) is 21.6 Å². The van der Waals surface area contributed by atoms with Crippen molar-refractivity contribution in [1.82, 2.24) is 9.97 Å². The summed E-state index contributed by atoms with van der Waals surface area (Å²) in [6.07, 6.45) is 2.95. The number of halogens is 1. The first-order chi connectivity index (χ1) is 13.4. The summed E-state index contributed by atoms with van der Waals surface area (Å²) in [7, 11) is 0. The molecule has 138 valence electrons. The summed E-state index contributed by atoms with van der Waals surface area (Å²) in [5.74, 6) is -0.407. The summed E-state index contributed by atoms with van der Waals surface area (Å²) in [6, 6.07) is 12.0. The van der Waals surface area contributed by atoms with Crippen LogP contribution in [0.4, 0.5) is 11.4 Å². The molecule has 8 heteroatoms. The molecule has 0 fully saturated rings. The van der Waals surface area contributed by atoms with E-state index in [2.05, 4.69) is 31.2 Å². The van der Waals surface area contributed by atoms with Crippen LogP contribution in [0, 0.1) is 23.7 Å². The predicted molar refractivity (Wildman–Crippen MR) is 110 cm³/mol. The van der Waals surface area contributed by atoms with Crippen LogP contribution in [-0.2, 0) is 0 Å². The van der Waals surface area contributed by atoms with E-state index in [9.17, 15) is 4.79 Å². The van der Waals surface area contributed by atoms with Crippen molar-refractivity contribution in [2.75, 3.05) is 11.1 Å². The summed E-state index contributed by atoms with van der Waals surface area (Å²) in [4.78, 5) is 20.7. The van der Waals surface area contributed by atoms with Gasteiger partial charge in [-0.1, -0.05) is 0 Å². The molecule has 7 nitrogen and oxygen atoms in total. The molecule has 28 heavy (non-hydrogen) atoms. The molecule has 0 saturated carbocycles. The van der Waals surface area contributed by atoms with Crippen LogP contribution in [0.3, 0.4) is 0 Å². The average molecular weight is 435 g/mol. The SMILES string of the molecule is Cc1cc(C#N)cnc1C(=O)Nc1ccc(N)c(C(=N)c2ccnc(Br)c2)c1. The summed E-state index contributed by atoms with van der Waals surface area (Å²) in [5, 5.41) is 20.1. The van der Waals surface area contributed by atoms with Crippen molar-refractivity contribution in [1.29, 1.82) is 10.7 Å². The number of aryl methyl sites for hydroxylation is 1. The van der Waals surface area contributed by atoms with Gasteiger partial charge < -0.3 is 11.1 Å². The molecule has 0 bridgehead atoms. The van der Waals surface area contributed by atoms with E-state index in [4.69, 9.17) is 16.4 Å². The molecular weight excluding hydrogens is 420 g/mol. The van der Waals surface area contributed by atoms with Gasteiger partial charge in [0.05, 0.1) is 11.3 Å². The van der Waals surface area contributed by atoms with E-state index in [1.807, 2.05) is 6.07 Å². The van der Waals surface area contributed by atoms with E-state index >= 15 is 0 Å². The number of hydrogen-bond acceptors (Lipinski definition) is 6. The molecule has 1 amide bonds. The minimum atomic E-state index is -0.407. The Morgan fingerprint density at radius 1 is 1.25 bits per heavy atom. The Balaban J connectivity index is 1.88. The van der Waals surface area contributed by atoms with Gasteiger partial charge in [0, 0.05) is 34.9 Å². The first-order valence-corrected chi connectivity index (χ1v) is 8.97. The van der Waals surface area contributed by atoms with Crippen LogP contribution in [0.15, 0.2) is 53.4 Å². The molecule has 2 aromatic heterocycles. The highest BCUT2D eigenvalue weighted by molar-refractivity contribution is 9.10. The van der Waals surface area contributed by atoms with Crippen molar-refractivity contribution in [3.8, 4) is 6.07 Å². The van der Waals surface area contributed by atoms with Gasteiger partial charge in [-0.05, 0) is 64.8 Å². The third kappa shape index (κ3) is 4.05. The number of nitrogen functional groups attached to an aromatic ring is 1. The van der Waals surface area contributed by atoms with Crippen LogP contribution in [0.25, 0.3) is 0 Å². The fraction of sp³-hybridized carbons (Fsp3) is 0.0500. The van der Waals surface area contributed by atoms with Gasteiger partial charge in [0.1, 0.15) is 16.4 Å². The number of nitrogens with zero attached hydrogens (tertiary/aromatic N) is 3. The molecule has 0 radical (unpaired) electrons. The number of rotatable bonds is 4. The first-order valence-electron chi connectivity index (χ1n) is 8.17. The van der Waals surface area contributed by atoms with Crippen molar-refractivity contribution < 1.29 is 4.79 Å². The third-order valence-electron chi connectivity index (χ3n) is 4.02. The Hall–Kier alpha value is -3.57. The lowest BCUT2D eigenvalue weighted by Gasteiger charge is -2.12. The second-order valence-electron chi connectivity index (χ2n) is 6.00. The van der Waals surface area contributed by atoms with E-state index in [0.29, 0.717) is 38.2 Å². The molecule has 0 aliphatic rings. The fourth-order valence-corrected chi connectivity index (χ4v) is 2.99. The van der Waals surface area contributed by atoms with E-state index < -0.39 is 5.91 Å². The Kier molecular flexibility index (Phi) is 5.47. The monoisotopic (exact) mass is 434 g/mol. The van der Waals surface area contributed by atoms with Gasteiger partial charge in [0.25, 0.3) is 5.91 Å². The van der Waals surface area contributed by atoms with Crippen LogP contribution in [0.1, 0.15) is 32.7 Å². The van der Waals surface area contributed by atoms with E-state index in [1.54, 1.807) is 49.5 Å². The number of anilines is 2. The third-order valence-corrected chi connectivity index (χ3v) is 4.45. The second kappa shape index (κ2) is 7.98. The topological polar surface area (TPSA) is 129 Å². The first kappa shape index (κ1) is 19.2. The summed E-state index contributed by atoms with van der Waals surface area (Å²) >= 11 is 3.29. The molecule has 0 atom stereocenters. The summed E-state index contributed by atoms with van der Waals surface area (Å²) in [5.41, 5.74) is 9.50. The lowest BCUT2D eigenvalue weighted by atomic mass is 10.0. The molecule has 4 N–H and O–H groups in total. The van der Waals surface area contributed by atoms with Crippen molar-refractivity contribution in [2.45, 2.75) is 6.92 Å². The molecule has 1 aromatic carbocycles. The minimum absolute atomic E-state index is 0.212. The Morgan fingerprint density at radius 3 is 2.71 bits per heavy atom. The molecule has 0 aliphatic carbocycles. The maximum Gasteiger partial charge on any atom is 0.274 e. The fourth-order valence-electron chi connectivity index (χ4n) is 2.63. The van der Waals surface area contributed by atoms with Gasteiger partial charge in [0.2, 0.25) is 0 Å².